The smallest absolute Gasteiger partial charge is 0.116 e. The Labute approximate surface area is 141 Å². The number of hydrogen-bond acceptors (Lipinski definition) is 2. The largest absolute Gasteiger partial charge is 0.494 e. The average Bonchev–Trinajstić information content (AvgIpc) is 2.47. The van der Waals surface area contributed by atoms with E-state index in [0.717, 1.165) is 5.69 Å². The third-order valence-electron chi connectivity index (χ3n) is 5.14. The summed E-state index contributed by atoms with van der Waals surface area (Å²) in [4.78, 5) is 4.95. The molecule has 0 saturated heterocycles. The van der Waals surface area contributed by atoms with E-state index >= 15 is 0 Å². The fourth-order valence-corrected chi connectivity index (χ4v) is 3.26. The Morgan fingerprint density at radius 1 is 0.957 bits per heavy atom. The Morgan fingerprint density at radius 3 is 2.09 bits per heavy atom. The lowest BCUT2D eigenvalue weighted by Crippen LogP contribution is -2.16. The molecule has 0 aromatic carbocycles. The zero-order valence-electron chi connectivity index (χ0n) is 16.2. The van der Waals surface area contributed by atoms with Crippen LogP contribution in [0.4, 0.5) is 0 Å². The van der Waals surface area contributed by atoms with E-state index in [1.54, 1.807) is 0 Å². The number of hydrogen-bond donors (Lipinski definition) is 0. The molecule has 1 aliphatic rings. The van der Waals surface area contributed by atoms with Gasteiger partial charge in [0.05, 0.1) is 12.0 Å². The van der Waals surface area contributed by atoms with E-state index in [0.29, 0.717) is 11.8 Å². The predicted molar refractivity (Wildman–Crippen MR) is 99.4 cm³/mol. The highest BCUT2D eigenvalue weighted by atomic mass is 16.5. The van der Waals surface area contributed by atoms with Crippen LogP contribution in [-0.2, 0) is 4.74 Å². The summed E-state index contributed by atoms with van der Waals surface area (Å²) in [6, 6.07) is 0. The molecule has 2 nitrogen and oxygen atoms in total. The molecule has 0 N–H and O–H groups in total. The van der Waals surface area contributed by atoms with Crippen molar-refractivity contribution in [2.75, 3.05) is 0 Å². The second-order valence-corrected chi connectivity index (χ2v) is 7.43. The molecule has 2 heteroatoms. The number of rotatable bonds is 2. The van der Waals surface area contributed by atoms with E-state index in [1.165, 1.54) is 39.1 Å². The van der Waals surface area contributed by atoms with Gasteiger partial charge in [0.2, 0.25) is 0 Å². The van der Waals surface area contributed by atoms with Crippen LogP contribution in [0, 0.1) is 19.8 Å². The molecule has 23 heavy (non-hydrogen) atoms. The lowest BCUT2D eigenvalue weighted by atomic mass is 9.81. The predicted octanol–water partition coefficient (Wildman–Crippen LogP) is 6.03. The fourth-order valence-electron chi connectivity index (χ4n) is 3.26. The van der Waals surface area contributed by atoms with Crippen molar-refractivity contribution in [3.63, 3.8) is 0 Å². The van der Waals surface area contributed by atoms with Crippen LogP contribution in [0.3, 0.4) is 0 Å². The van der Waals surface area contributed by atoms with Crippen molar-refractivity contribution in [3.8, 4) is 0 Å². The van der Waals surface area contributed by atoms with Crippen molar-refractivity contribution in [1.29, 1.82) is 0 Å². The molecule has 1 aliphatic heterocycles. The quantitative estimate of drug-likeness (QED) is 0.665. The Morgan fingerprint density at radius 2 is 1.57 bits per heavy atom. The van der Waals surface area contributed by atoms with E-state index in [-0.39, 0.29) is 6.10 Å². The first-order valence-electron chi connectivity index (χ1n) is 8.71. The van der Waals surface area contributed by atoms with Gasteiger partial charge in [0.1, 0.15) is 6.10 Å². The van der Waals surface area contributed by atoms with Crippen LogP contribution in [0.2, 0.25) is 0 Å². The first kappa shape index (κ1) is 17.8. The third-order valence-corrected chi connectivity index (χ3v) is 5.14. The number of ether oxygens (including phenoxy) is 1. The van der Waals surface area contributed by atoms with E-state index in [9.17, 15) is 0 Å². The fraction of sp³-hybridized carbons (Fsp3) is 0.571. The first-order valence-corrected chi connectivity index (χ1v) is 8.71. The molecule has 0 aliphatic carbocycles. The first-order chi connectivity index (χ1) is 10.7. The molecule has 2 rings (SSSR count). The highest BCUT2D eigenvalue weighted by Gasteiger charge is 2.26. The Hall–Kier alpha value is -1.57. The third kappa shape index (κ3) is 3.08. The Bertz CT molecular complexity index is 678. The highest BCUT2D eigenvalue weighted by molar-refractivity contribution is 5.84. The Balaban J connectivity index is 2.98. The lowest BCUT2D eigenvalue weighted by Gasteiger charge is -2.29. The topological polar surface area (TPSA) is 22.1 Å². The minimum Gasteiger partial charge on any atom is -0.494 e. The van der Waals surface area contributed by atoms with Crippen molar-refractivity contribution in [3.05, 3.63) is 39.9 Å². The zero-order chi connectivity index (χ0) is 17.5. The van der Waals surface area contributed by atoms with E-state index in [2.05, 4.69) is 62.3 Å². The number of allylic oxidation sites excluding steroid dienone is 2. The molecule has 1 atom stereocenters. The number of aryl methyl sites for hydroxylation is 1. The van der Waals surface area contributed by atoms with Gasteiger partial charge < -0.3 is 4.74 Å². The summed E-state index contributed by atoms with van der Waals surface area (Å²) in [6.07, 6.45) is 2.08. The molecule has 126 valence electrons. The van der Waals surface area contributed by atoms with Crippen molar-refractivity contribution in [1.82, 2.24) is 4.98 Å². The summed E-state index contributed by atoms with van der Waals surface area (Å²) in [7, 11) is 0. The minimum atomic E-state index is 0.104. The van der Waals surface area contributed by atoms with Gasteiger partial charge in [0.15, 0.2) is 0 Å². The van der Waals surface area contributed by atoms with E-state index < -0.39 is 0 Å². The Kier molecular flexibility index (Phi) is 5.03. The van der Waals surface area contributed by atoms with Gasteiger partial charge in [-0.2, -0.15) is 0 Å². The maximum absolute atomic E-state index is 6.05. The summed E-state index contributed by atoms with van der Waals surface area (Å²) in [6.45, 7) is 19.8. The van der Waals surface area contributed by atoms with Crippen LogP contribution in [0.15, 0.2) is 11.8 Å². The monoisotopic (exact) mass is 313 g/mol. The van der Waals surface area contributed by atoms with Crippen molar-refractivity contribution < 1.29 is 4.74 Å². The van der Waals surface area contributed by atoms with Gasteiger partial charge in [-0.05, 0) is 74.3 Å². The molecular formula is C21H31NO. The molecule has 0 spiro atoms. The number of fused-ring (bicyclic) bond motifs is 1. The van der Waals surface area contributed by atoms with Crippen LogP contribution in [0.25, 0.3) is 11.1 Å². The maximum atomic E-state index is 6.05. The van der Waals surface area contributed by atoms with Crippen LogP contribution >= 0.6 is 0 Å². The summed E-state index contributed by atoms with van der Waals surface area (Å²) in [5.74, 6) is 0.781. The van der Waals surface area contributed by atoms with Crippen molar-refractivity contribution in [2.45, 2.75) is 74.3 Å². The van der Waals surface area contributed by atoms with Crippen molar-refractivity contribution in [2.24, 2.45) is 5.92 Å². The van der Waals surface area contributed by atoms with Gasteiger partial charge in [0.25, 0.3) is 0 Å². The molecule has 0 saturated carbocycles. The molecule has 0 radical (unpaired) electrons. The molecule has 0 amide bonds. The number of nitrogens with zero attached hydrogens (tertiary/aromatic N) is 1. The SMILES string of the molecule is C/C1=C(\C)[C@H](C)O/C=C(/C(C)C)c2c(C(C)C)nc(C)c(C)c21. The molecule has 0 fully saturated rings. The van der Waals surface area contributed by atoms with Crippen LogP contribution in [-0.4, -0.2) is 11.1 Å². The van der Waals surface area contributed by atoms with Gasteiger partial charge in [0, 0.05) is 11.3 Å². The van der Waals surface area contributed by atoms with Gasteiger partial charge in [-0.1, -0.05) is 27.7 Å². The van der Waals surface area contributed by atoms with Crippen LogP contribution in [0.1, 0.15) is 82.5 Å². The highest BCUT2D eigenvalue weighted by Crippen LogP contribution is 2.40. The molecule has 2 heterocycles. The molecule has 0 bridgehead atoms. The number of aromatic nitrogens is 1. The summed E-state index contributed by atoms with van der Waals surface area (Å²) in [5, 5.41) is 0. The molecule has 1 aromatic heterocycles. The van der Waals surface area contributed by atoms with Crippen molar-refractivity contribution >= 4 is 11.1 Å². The second kappa shape index (κ2) is 6.51. The standard InChI is InChI=1S/C21H31NO/c1-11(2)18-10-23-17(9)13(5)14(6)19-15(7)16(8)22-21(12(3)4)20(18)19/h10-12,17H,1-9H3/b14-13-,18-10-/t17-/m0/s1. The summed E-state index contributed by atoms with van der Waals surface area (Å²) in [5.41, 5.74) is 10.2. The van der Waals surface area contributed by atoms with Gasteiger partial charge in [-0.25, -0.2) is 0 Å². The van der Waals surface area contributed by atoms with Gasteiger partial charge >= 0.3 is 0 Å². The molecule has 0 unspecified atom stereocenters. The zero-order valence-corrected chi connectivity index (χ0v) is 16.2. The summed E-state index contributed by atoms with van der Waals surface area (Å²) < 4.78 is 6.05. The second-order valence-electron chi connectivity index (χ2n) is 7.43. The van der Waals surface area contributed by atoms with Gasteiger partial charge in [-0.3, -0.25) is 4.98 Å². The molecule has 1 aromatic rings. The van der Waals surface area contributed by atoms with Crippen LogP contribution < -0.4 is 0 Å². The molecular weight excluding hydrogens is 282 g/mol. The summed E-state index contributed by atoms with van der Waals surface area (Å²) >= 11 is 0. The normalized spacial score (nSPS) is 24.0. The van der Waals surface area contributed by atoms with Gasteiger partial charge in [-0.15, -0.1) is 0 Å². The van der Waals surface area contributed by atoms with E-state index in [4.69, 9.17) is 9.72 Å². The lowest BCUT2D eigenvalue weighted by molar-refractivity contribution is 0.193. The number of pyridine rings is 1. The average molecular weight is 313 g/mol. The maximum Gasteiger partial charge on any atom is 0.116 e. The van der Waals surface area contributed by atoms with Crippen LogP contribution in [0.5, 0.6) is 0 Å². The van der Waals surface area contributed by atoms with E-state index in [1.807, 2.05) is 6.26 Å². The minimum absolute atomic E-state index is 0.104.